The second kappa shape index (κ2) is 7.96. The molecule has 1 heterocycles. The molecule has 2 amide bonds. The van der Waals surface area contributed by atoms with Crippen molar-refractivity contribution in [2.24, 2.45) is 0 Å². The number of nitrogens with zero attached hydrogens (tertiary/aromatic N) is 1. The van der Waals surface area contributed by atoms with Crippen LogP contribution < -0.4 is 5.32 Å². The summed E-state index contributed by atoms with van der Waals surface area (Å²) >= 11 is 3.26. The van der Waals surface area contributed by atoms with E-state index >= 15 is 0 Å². The van der Waals surface area contributed by atoms with Gasteiger partial charge in [-0.15, -0.1) is 0 Å². The summed E-state index contributed by atoms with van der Waals surface area (Å²) in [5.74, 6) is -0.407. The number of hydrogen-bond donors (Lipinski definition) is 2. The maximum atomic E-state index is 11.9. The van der Waals surface area contributed by atoms with Crippen LogP contribution in [0, 0.1) is 0 Å². The molecule has 0 aliphatic carbocycles. The summed E-state index contributed by atoms with van der Waals surface area (Å²) in [6, 6.07) is 1.68. The lowest BCUT2D eigenvalue weighted by Gasteiger charge is -2.15. The molecular formula is C12H18BrN3O3. The third-order valence-electron chi connectivity index (χ3n) is 2.45. The number of rotatable bonds is 7. The molecule has 0 radical (unpaired) electrons. The Morgan fingerprint density at radius 2 is 2.26 bits per heavy atom. The van der Waals surface area contributed by atoms with Gasteiger partial charge in [0.1, 0.15) is 5.69 Å². The van der Waals surface area contributed by atoms with Crippen LogP contribution >= 0.6 is 15.9 Å². The van der Waals surface area contributed by atoms with Gasteiger partial charge in [0.25, 0.3) is 5.91 Å². The first-order chi connectivity index (χ1) is 9.04. The van der Waals surface area contributed by atoms with Crippen molar-refractivity contribution in [2.45, 2.75) is 6.42 Å². The van der Waals surface area contributed by atoms with Gasteiger partial charge in [0.15, 0.2) is 0 Å². The van der Waals surface area contributed by atoms with Crippen LogP contribution in [-0.4, -0.2) is 55.6 Å². The fourth-order valence-electron chi connectivity index (χ4n) is 1.48. The first kappa shape index (κ1) is 15.7. The number of hydrogen-bond acceptors (Lipinski definition) is 3. The average molecular weight is 332 g/mol. The topological polar surface area (TPSA) is 74.4 Å². The lowest BCUT2D eigenvalue weighted by molar-refractivity contribution is -0.121. The number of methoxy groups -OCH3 is 1. The van der Waals surface area contributed by atoms with Crippen LogP contribution in [0.5, 0.6) is 0 Å². The van der Waals surface area contributed by atoms with Gasteiger partial charge in [0, 0.05) is 38.0 Å². The first-order valence-electron chi connectivity index (χ1n) is 5.89. The summed E-state index contributed by atoms with van der Waals surface area (Å²) in [7, 11) is 3.20. The molecule has 106 valence electrons. The van der Waals surface area contributed by atoms with E-state index in [1.807, 2.05) is 0 Å². The molecule has 0 unspecified atom stereocenters. The van der Waals surface area contributed by atoms with E-state index < -0.39 is 0 Å². The number of aromatic nitrogens is 1. The normalized spacial score (nSPS) is 10.3. The van der Waals surface area contributed by atoms with Gasteiger partial charge in [-0.2, -0.15) is 0 Å². The summed E-state index contributed by atoms with van der Waals surface area (Å²) in [6.07, 6.45) is 2.43. The number of halogens is 1. The highest BCUT2D eigenvalue weighted by atomic mass is 79.9. The molecule has 0 bridgehead atoms. The minimum atomic E-state index is -0.224. The van der Waals surface area contributed by atoms with Gasteiger partial charge >= 0.3 is 0 Å². The largest absolute Gasteiger partial charge is 0.385 e. The Labute approximate surface area is 120 Å². The number of H-pyrrole nitrogens is 1. The van der Waals surface area contributed by atoms with E-state index in [1.54, 1.807) is 26.4 Å². The second-order valence-electron chi connectivity index (χ2n) is 4.09. The van der Waals surface area contributed by atoms with Crippen LogP contribution in [0.1, 0.15) is 16.9 Å². The molecule has 0 aliphatic rings. The molecule has 0 aliphatic heterocycles. The molecule has 2 N–H and O–H groups in total. The third kappa shape index (κ3) is 5.44. The SMILES string of the molecule is COCCCNC(=O)CN(C)C(=O)c1cc(Br)c[nH]1. The van der Waals surface area contributed by atoms with Crippen molar-refractivity contribution < 1.29 is 14.3 Å². The predicted molar refractivity (Wildman–Crippen MR) is 75.0 cm³/mol. The van der Waals surface area contributed by atoms with Crippen molar-refractivity contribution in [1.82, 2.24) is 15.2 Å². The molecule has 0 atom stereocenters. The molecule has 0 saturated carbocycles. The zero-order valence-corrected chi connectivity index (χ0v) is 12.6. The van der Waals surface area contributed by atoms with Crippen LogP contribution in [-0.2, 0) is 9.53 Å². The molecule has 19 heavy (non-hydrogen) atoms. The van der Waals surface area contributed by atoms with Crippen molar-refractivity contribution in [2.75, 3.05) is 33.9 Å². The van der Waals surface area contributed by atoms with Gasteiger partial charge in [-0.05, 0) is 28.4 Å². The Balaban J connectivity index is 2.35. The number of aromatic amines is 1. The van der Waals surface area contributed by atoms with Gasteiger partial charge in [-0.25, -0.2) is 0 Å². The molecule has 0 spiro atoms. The first-order valence-corrected chi connectivity index (χ1v) is 6.69. The minimum absolute atomic E-state index is 0.0302. The maximum Gasteiger partial charge on any atom is 0.270 e. The number of amides is 2. The number of nitrogens with one attached hydrogen (secondary N) is 2. The third-order valence-corrected chi connectivity index (χ3v) is 2.91. The van der Waals surface area contributed by atoms with E-state index in [1.165, 1.54) is 4.90 Å². The number of carbonyl (C=O) groups is 2. The molecule has 1 rings (SSSR count). The van der Waals surface area contributed by atoms with E-state index in [2.05, 4.69) is 26.2 Å². The fourth-order valence-corrected chi connectivity index (χ4v) is 1.83. The number of likely N-dealkylation sites (N-methyl/N-ethyl adjacent to an activating group) is 1. The summed E-state index contributed by atoms with van der Waals surface area (Å²) in [5.41, 5.74) is 0.446. The molecular weight excluding hydrogens is 314 g/mol. The molecule has 1 aromatic rings. The molecule has 7 heteroatoms. The Kier molecular flexibility index (Phi) is 6.58. The number of carbonyl (C=O) groups excluding carboxylic acids is 2. The number of ether oxygens (including phenoxy) is 1. The van der Waals surface area contributed by atoms with E-state index in [4.69, 9.17) is 4.74 Å². The van der Waals surface area contributed by atoms with Crippen molar-refractivity contribution >= 4 is 27.7 Å². The highest BCUT2D eigenvalue weighted by Crippen LogP contribution is 2.11. The highest BCUT2D eigenvalue weighted by molar-refractivity contribution is 9.10. The van der Waals surface area contributed by atoms with Crippen molar-refractivity contribution in [3.63, 3.8) is 0 Å². The molecule has 0 saturated heterocycles. The van der Waals surface area contributed by atoms with Crippen LogP contribution in [0.2, 0.25) is 0 Å². The second-order valence-corrected chi connectivity index (χ2v) is 5.00. The van der Waals surface area contributed by atoms with Crippen LogP contribution in [0.3, 0.4) is 0 Å². The van der Waals surface area contributed by atoms with Gasteiger partial charge in [0.05, 0.1) is 6.54 Å². The highest BCUT2D eigenvalue weighted by Gasteiger charge is 2.15. The minimum Gasteiger partial charge on any atom is -0.385 e. The van der Waals surface area contributed by atoms with Crippen molar-refractivity contribution in [3.05, 3.63) is 22.4 Å². The van der Waals surface area contributed by atoms with Gasteiger partial charge in [-0.3, -0.25) is 9.59 Å². The van der Waals surface area contributed by atoms with E-state index in [0.717, 1.165) is 10.9 Å². The van der Waals surface area contributed by atoms with E-state index in [9.17, 15) is 9.59 Å². The monoisotopic (exact) mass is 331 g/mol. The Bertz CT molecular complexity index is 434. The maximum absolute atomic E-state index is 11.9. The van der Waals surface area contributed by atoms with E-state index in [0.29, 0.717) is 18.8 Å². The van der Waals surface area contributed by atoms with Gasteiger partial charge in [-0.1, -0.05) is 0 Å². The lowest BCUT2D eigenvalue weighted by atomic mass is 10.3. The van der Waals surface area contributed by atoms with E-state index in [-0.39, 0.29) is 18.4 Å². The Morgan fingerprint density at radius 1 is 1.53 bits per heavy atom. The van der Waals surface area contributed by atoms with Crippen molar-refractivity contribution in [3.8, 4) is 0 Å². The quantitative estimate of drug-likeness (QED) is 0.732. The van der Waals surface area contributed by atoms with Crippen LogP contribution in [0.4, 0.5) is 0 Å². The van der Waals surface area contributed by atoms with Crippen LogP contribution in [0.25, 0.3) is 0 Å². The molecule has 0 aromatic carbocycles. The summed E-state index contributed by atoms with van der Waals surface area (Å²) in [6.45, 7) is 1.18. The Hall–Kier alpha value is -1.34. The zero-order chi connectivity index (χ0) is 14.3. The zero-order valence-electron chi connectivity index (χ0n) is 11.0. The average Bonchev–Trinajstić information content (AvgIpc) is 2.80. The molecule has 0 fully saturated rings. The smallest absolute Gasteiger partial charge is 0.270 e. The lowest BCUT2D eigenvalue weighted by Crippen LogP contribution is -2.38. The Morgan fingerprint density at radius 3 is 2.84 bits per heavy atom. The van der Waals surface area contributed by atoms with Gasteiger partial charge in [0.2, 0.25) is 5.91 Å². The summed E-state index contributed by atoms with van der Waals surface area (Å²) < 4.78 is 5.68. The predicted octanol–water partition coefficient (Wildman–Crippen LogP) is 1.00. The molecule has 6 nitrogen and oxygen atoms in total. The fraction of sp³-hybridized carbons (Fsp3) is 0.500. The van der Waals surface area contributed by atoms with Crippen molar-refractivity contribution in [1.29, 1.82) is 0 Å². The molecule has 1 aromatic heterocycles. The summed E-state index contributed by atoms with van der Waals surface area (Å²) in [4.78, 5) is 27.7. The standard InChI is InChI=1S/C12H18BrN3O3/c1-16(8-11(17)14-4-3-5-19-2)12(18)10-6-9(13)7-15-10/h6-7,15H,3-5,8H2,1-2H3,(H,14,17). The van der Waals surface area contributed by atoms with Gasteiger partial charge < -0.3 is 19.9 Å². The van der Waals surface area contributed by atoms with Crippen LogP contribution in [0.15, 0.2) is 16.7 Å². The summed E-state index contributed by atoms with van der Waals surface area (Å²) in [5, 5.41) is 2.73.